The summed E-state index contributed by atoms with van der Waals surface area (Å²) in [6.45, 7) is 0.631. The second-order valence-electron chi connectivity index (χ2n) is 6.11. The number of fused-ring (bicyclic) bond motifs is 1. The van der Waals surface area contributed by atoms with Gasteiger partial charge in [0.25, 0.3) is 0 Å². The van der Waals surface area contributed by atoms with E-state index in [0.717, 1.165) is 27.8 Å². The van der Waals surface area contributed by atoms with E-state index in [2.05, 4.69) is 40.5 Å². The topological polar surface area (TPSA) is 67.0 Å². The number of nitriles is 1. The Morgan fingerprint density at radius 1 is 0.963 bits per heavy atom. The maximum atomic E-state index is 9.03. The number of methoxy groups -OCH3 is 1. The van der Waals surface area contributed by atoms with Crippen LogP contribution in [-0.4, -0.2) is 22.0 Å². The van der Waals surface area contributed by atoms with Crippen LogP contribution in [0.5, 0.6) is 5.75 Å². The van der Waals surface area contributed by atoms with E-state index in [1.54, 1.807) is 31.9 Å². The number of hydrogen-bond donors (Lipinski definition) is 0. The van der Waals surface area contributed by atoms with Gasteiger partial charge in [0.2, 0.25) is 0 Å². The number of nitrogens with zero attached hydrogens (tertiary/aromatic N) is 5. The lowest BCUT2D eigenvalue weighted by Gasteiger charge is -2.25. The lowest BCUT2D eigenvalue weighted by molar-refractivity contribution is 0.415. The molecule has 0 saturated heterocycles. The number of rotatable bonds is 5. The highest BCUT2D eigenvalue weighted by molar-refractivity contribution is 5.84. The van der Waals surface area contributed by atoms with Gasteiger partial charge in [-0.25, -0.2) is 4.68 Å². The van der Waals surface area contributed by atoms with Crippen molar-refractivity contribution in [2.75, 3.05) is 12.1 Å². The van der Waals surface area contributed by atoms with Gasteiger partial charge in [-0.1, -0.05) is 18.2 Å². The first-order valence-electron chi connectivity index (χ1n) is 8.46. The third-order valence-electron chi connectivity index (χ3n) is 4.42. The van der Waals surface area contributed by atoms with Gasteiger partial charge in [-0.05, 0) is 58.8 Å². The third kappa shape index (κ3) is 3.44. The fourth-order valence-corrected chi connectivity index (χ4v) is 3.01. The van der Waals surface area contributed by atoms with Crippen molar-refractivity contribution in [3.8, 4) is 11.8 Å². The standard InChI is InChI=1S/C21H17N5O/c1-27-21-9-6-18-10-17(2-5-19(18)11-21)13-26(25-14-23-24-15-25)20-7-3-16(12-22)4-8-20/h2-11,14-15H,13H2,1H3. The molecule has 6 nitrogen and oxygen atoms in total. The first kappa shape index (κ1) is 16.6. The van der Waals surface area contributed by atoms with Crippen molar-refractivity contribution in [1.82, 2.24) is 14.9 Å². The van der Waals surface area contributed by atoms with Crippen molar-refractivity contribution in [2.24, 2.45) is 0 Å². The van der Waals surface area contributed by atoms with Crippen LogP contribution in [0.15, 0.2) is 73.3 Å². The molecule has 0 bridgehead atoms. The molecule has 4 rings (SSSR count). The largest absolute Gasteiger partial charge is 0.497 e. The second-order valence-corrected chi connectivity index (χ2v) is 6.11. The van der Waals surface area contributed by atoms with Gasteiger partial charge in [-0.3, -0.25) is 5.01 Å². The fourth-order valence-electron chi connectivity index (χ4n) is 3.01. The molecule has 0 fully saturated rings. The minimum absolute atomic E-state index is 0.627. The van der Waals surface area contributed by atoms with Crippen molar-refractivity contribution in [3.63, 3.8) is 0 Å². The van der Waals surface area contributed by atoms with Gasteiger partial charge in [0, 0.05) is 0 Å². The summed E-state index contributed by atoms with van der Waals surface area (Å²) in [5.41, 5.74) is 2.72. The summed E-state index contributed by atoms with van der Waals surface area (Å²) >= 11 is 0. The highest BCUT2D eigenvalue weighted by Gasteiger charge is 2.11. The molecule has 132 valence electrons. The Kier molecular flexibility index (Phi) is 4.42. The summed E-state index contributed by atoms with van der Waals surface area (Å²) in [6, 6.07) is 22.0. The van der Waals surface area contributed by atoms with Gasteiger partial charge in [-0.2, -0.15) is 5.26 Å². The Hall–Kier alpha value is -3.85. The molecule has 1 aromatic heterocycles. The molecule has 1 heterocycles. The predicted octanol–water partition coefficient (Wildman–Crippen LogP) is 3.78. The summed E-state index contributed by atoms with van der Waals surface area (Å²) < 4.78 is 7.13. The molecule has 0 radical (unpaired) electrons. The van der Waals surface area contributed by atoms with Gasteiger partial charge in [-0.15, -0.1) is 10.2 Å². The molecule has 0 aliphatic rings. The van der Waals surface area contributed by atoms with Gasteiger partial charge < -0.3 is 4.74 Å². The number of hydrogen-bond acceptors (Lipinski definition) is 5. The molecule has 0 atom stereocenters. The molecule has 0 amide bonds. The van der Waals surface area contributed by atoms with Crippen LogP contribution in [0.4, 0.5) is 5.69 Å². The number of benzene rings is 3. The SMILES string of the molecule is COc1ccc2cc(CN(c3ccc(C#N)cc3)n3cnnc3)ccc2c1. The Labute approximate surface area is 156 Å². The summed E-state index contributed by atoms with van der Waals surface area (Å²) in [5, 5.41) is 21.2. The molecule has 0 aliphatic carbocycles. The molecular formula is C21H17N5O. The van der Waals surface area contributed by atoms with Gasteiger partial charge >= 0.3 is 0 Å². The van der Waals surface area contributed by atoms with E-state index in [9.17, 15) is 0 Å². The zero-order chi connectivity index (χ0) is 18.6. The van der Waals surface area contributed by atoms with Crippen molar-refractivity contribution in [3.05, 3.63) is 84.4 Å². The maximum Gasteiger partial charge on any atom is 0.139 e. The Morgan fingerprint density at radius 3 is 2.37 bits per heavy atom. The number of anilines is 1. The molecule has 3 aromatic carbocycles. The van der Waals surface area contributed by atoms with Gasteiger partial charge in [0.15, 0.2) is 0 Å². The lowest BCUT2D eigenvalue weighted by Crippen LogP contribution is -2.27. The van der Waals surface area contributed by atoms with Gasteiger partial charge in [0.1, 0.15) is 18.4 Å². The molecule has 4 aromatic rings. The molecular weight excluding hydrogens is 338 g/mol. The van der Waals surface area contributed by atoms with E-state index < -0.39 is 0 Å². The van der Waals surface area contributed by atoms with E-state index in [1.807, 2.05) is 34.0 Å². The fraction of sp³-hybridized carbons (Fsp3) is 0.0952. The third-order valence-corrected chi connectivity index (χ3v) is 4.42. The Balaban J connectivity index is 1.69. The predicted molar refractivity (Wildman–Crippen MR) is 103 cm³/mol. The minimum atomic E-state index is 0.627. The second kappa shape index (κ2) is 7.18. The molecule has 6 heteroatoms. The van der Waals surface area contributed by atoms with Crippen LogP contribution < -0.4 is 9.75 Å². The zero-order valence-electron chi connectivity index (χ0n) is 14.8. The van der Waals surface area contributed by atoms with E-state index in [4.69, 9.17) is 10.00 Å². The van der Waals surface area contributed by atoms with Crippen LogP contribution in [0.3, 0.4) is 0 Å². The summed E-state index contributed by atoms with van der Waals surface area (Å²) in [4.78, 5) is 0. The molecule has 0 spiro atoms. The molecule has 27 heavy (non-hydrogen) atoms. The van der Waals surface area contributed by atoms with Crippen LogP contribution in [0.1, 0.15) is 11.1 Å². The van der Waals surface area contributed by atoms with E-state index >= 15 is 0 Å². The van der Waals surface area contributed by atoms with Crippen LogP contribution in [0.25, 0.3) is 10.8 Å². The first-order chi connectivity index (χ1) is 13.3. The van der Waals surface area contributed by atoms with E-state index in [1.165, 1.54) is 0 Å². The maximum absolute atomic E-state index is 9.03. The van der Waals surface area contributed by atoms with E-state index in [-0.39, 0.29) is 0 Å². The molecule has 0 unspecified atom stereocenters. The van der Waals surface area contributed by atoms with Crippen molar-refractivity contribution in [2.45, 2.75) is 6.54 Å². The minimum Gasteiger partial charge on any atom is -0.497 e. The molecule has 0 N–H and O–H groups in total. The monoisotopic (exact) mass is 355 g/mol. The average Bonchev–Trinajstić information content (AvgIpc) is 3.26. The summed E-state index contributed by atoms with van der Waals surface area (Å²) in [7, 11) is 1.67. The van der Waals surface area contributed by atoms with Crippen LogP contribution in [0.2, 0.25) is 0 Å². The molecule has 0 saturated carbocycles. The highest BCUT2D eigenvalue weighted by atomic mass is 16.5. The first-order valence-corrected chi connectivity index (χ1v) is 8.46. The highest BCUT2D eigenvalue weighted by Crippen LogP contribution is 2.24. The Morgan fingerprint density at radius 2 is 1.67 bits per heavy atom. The Bertz CT molecular complexity index is 1100. The smallest absolute Gasteiger partial charge is 0.139 e. The molecule has 0 aliphatic heterocycles. The van der Waals surface area contributed by atoms with Crippen LogP contribution in [0, 0.1) is 11.3 Å². The quantitative estimate of drug-likeness (QED) is 0.545. The van der Waals surface area contributed by atoms with Crippen LogP contribution in [-0.2, 0) is 6.54 Å². The average molecular weight is 355 g/mol. The van der Waals surface area contributed by atoms with E-state index in [0.29, 0.717) is 12.1 Å². The summed E-state index contributed by atoms with van der Waals surface area (Å²) in [6.07, 6.45) is 3.31. The van der Waals surface area contributed by atoms with Crippen molar-refractivity contribution >= 4 is 16.5 Å². The number of ether oxygens (including phenoxy) is 1. The summed E-state index contributed by atoms with van der Waals surface area (Å²) in [5.74, 6) is 0.846. The van der Waals surface area contributed by atoms with Crippen LogP contribution >= 0.6 is 0 Å². The normalized spacial score (nSPS) is 10.5. The van der Waals surface area contributed by atoms with Crippen molar-refractivity contribution < 1.29 is 4.74 Å². The van der Waals surface area contributed by atoms with Crippen molar-refractivity contribution in [1.29, 1.82) is 5.26 Å². The lowest BCUT2D eigenvalue weighted by atomic mass is 10.1. The van der Waals surface area contributed by atoms with Gasteiger partial charge in [0.05, 0.1) is 31.0 Å². The number of aromatic nitrogens is 3. The zero-order valence-corrected chi connectivity index (χ0v) is 14.8.